The number of rotatable bonds is 7. The molecule has 7 heteroatoms. The second kappa shape index (κ2) is 6.87. The lowest BCUT2D eigenvalue weighted by Crippen LogP contribution is -2.43. The Kier molecular flexibility index (Phi) is 5.69. The van der Waals surface area contributed by atoms with Crippen molar-refractivity contribution in [2.75, 3.05) is 13.2 Å². The smallest absolute Gasteiger partial charge is 0.309 e. The maximum absolute atomic E-state index is 11.7. The molecule has 1 fully saturated rings. The van der Waals surface area contributed by atoms with Crippen molar-refractivity contribution in [3.8, 4) is 0 Å². The van der Waals surface area contributed by atoms with Crippen molar-refractivity contribution in [3.05, 3.63) is 10.1 Å². The average Bonchev–Trinajstić information content (AvgIpc) is 2.39. The molecule has 0 spiro atoms. The first-order valence-corrected chi connectivity index (χ1v) is 7.30. The molecule has 1 saturated carbocycles. The summed E-state index contributed by atoms with van der Waals surface area (Å²) in [6.45, 7) is 3.43. The van der Waals surface area contributed by atoms with Crippen molar-refractivity contribution in [3.63, 3.8) is 0 Å². The third-order valence-electron chi connectivity index (χ3n) is 4.69. The zero-order valence-corrected chi connectivity index (χ0v) is 12.6. The van der Waals surface area contributed by atoms with Gasteiger partial charge in [-0.15, -0.1) is 0 Å². The van der Waals surface area contributed by atoms with Crippen molar-refractivity contribution in [1.82, 2.24) is 0 Å². The lowest BCUT2D eigenvalue weighted by Gasteiger charge is -2.41. The minimum absolute atomic E-state index is 0.0127. The van der Waals surface area contributed by atoms with Crippen molar-refractivity contribution in [2.45, 2.75) is 52.4 Å². The lowest BCUT2D eigenvalue weighted by atomic mass is 9.61. The molecule has 0 aromatic carbocycles. The third-order valence-corrected chi connectivity index (χ3v) is 4.69. The fourth-order valence-electron chi connectivity index (χ4n) is 3.16. The first-order chi connectivity index (χ1) is 9.79. The summed E-state index contributed by atoms with van der Waals surface area (Å²) in [5.41, 5.74) is -1.58. The Balaban J connectivity index is 2.85. The molecule has 0 aliphatic heterocycles. The Morgan fingerprint density at radius 3 is 2.19 bits per heavy atom. The highest BCUT2D eigenvalue weighted by atomic mass is 16.6. The van der Waals surface area contributed by atoms with E-state index in [1.807, 2.05) is 6.92 Å². The zero-order chi connectivity index (χ0) is 16.1. The molecule has 120 valence electrons. The molecule has 1 aliphatic carbocycles. The summed E-state index contributed by atoms with van der Waals surface area (Å²) in [6.07, 6.45) is 1.95. The molecular formula is C14H23NO6. The van der Waals surface area contributed by atoms with Crippen LogP contribution in [-0.2, 0) is 14.3 Å². The van der Waals surface area contributed by atoms with Gasteiger partial charge < -0.3 is 9.84 Å². The van der Waals surface area contributed by atoms with Crippen LogP contribution in [-0.4, -0.2) is 35.1 Å². The van der Waals surface area contributed by atoms with E-state index in [0.717, 1.165) is 0 Å². The summed E-state index contributed by atoms with van der Waals surface area (Å²) in [5.74, 6) is -1.30. The predicted octanol–water partition coefficient (Wildman–Crippen LogP) is 2.26. The first kappa shape index (κ1) is 17.4. The Hall–Kier alpha value is -1.66. The number of nitro groups is 1. The van der Waals surface area contributed by atoms with E-state index in [9.17, 15) is 24.8 Å². The largest absolute Gasteiger partial charge is 0.481 e. The lowest BCUT2D eigenvalue weighted by molar-refractivity contribution is -0.499. The molecule has 0 amide bonds. The van der Waals surface area contributed by atoms with E-state index in [4.69, 9.17) is 4.74 Å². The molecule has 0 aromatic rings. The van der Waals surface area contributed by atoms with Gasteiger partial charge in [0.15, 0.2) is 0 Å². The maximum atomic E-state index is 11.7. The van der Waals surface area contributed by atoms with Crippen molar-refractivity contribution < 1.29 is 24.4 Å². The van der Waals surface area contributed by atoms with Crippen molar-refractivity contribution in [2.24, 2.45) is 10.8 Å². The number of carboxylic acid groups (broad SMARTS) is 1. The normalized spacial score (nSPS) is 28.9. The van der Waals surface area contributed by atoms with Gasteiger partial charge in [0.2, 0.25) is 6.54 Å². The molecule has 1 rings (SSSR count). The number of esters is 1. The number of carbonyl (C=O) groups excluding carboxylic acids is 1. The summed E-state index contributed by atoms with van der Waals surface area (Å²) in [4.78, 5) is 33.6. The molecule has 0 atom stereocenters. The molecule has 1 aliphatic rings. The summed E-state index contributed by atoms with van der Waals surface area (Å²) in [5, 5.41) is 20.3. The number of aliphatic carboxylic acids is 1. The monoisotopic (exact) mass is 301 g/mol. The second-order valence-corrected chi connectivity index (χ2v) is 5.91. The van der Waals surface area contributed by atoms with Crippen LogP contribution in [0.2, 0.25) is 0 Å². The van der Waals surface area contributed by atoms with Gasteiger partial charge in [-0.05, 0) is 39.0 Å². The van der Waals surface area contributed by atoms with Crippen molar-refractivity contribution >= 4 is 11.9 Å². The Labute approximate surface area is 123 Å². The van der Waals surface area contributed by atoms with Crippen LogP contribution >= 0.6 is 0 Å². The molecule has 0 aromatic heterocycles. The molecule has 0 bridgehead atoms. The zero-order valence-electron chi connectivity index (χ0n) is 12.6. The summed E-state index contributed by atoms with van der Waals surface area (Å²) in [6, 6.07) is 0. The molecule has 1 N–H and O–H groups in total. The van der Waals surface area contributed by atoms with Crippen LogP contribution in [0, 0.1) is 20.9 Å². The van der Waals surface area contributed by atoms with E-state index in [2.05, 4.69) is 0 Å². The van der Waals surface area contributed by atoms with E-state index in [1.165, 1.54) is 0 Å². The van der Waals surface area contributed by atoms with Crippen LogP contribution in [0.3, 0.4) is 0 Å². The van der Waals surface area contributed by atoms with Crippen LogP contribution in [0.15, 0.2) is 0 Å². The molecule has 21 heavy (non-hydrogen) atoms. The van der Waals surface area contributed by atoms with Crippen LogP contribution in [0.5, 0.6) is 0 Å². The van der Waals surface area contributed by atoms with Gasteiger partial charge in [-0.1, -0.05) is 6.92 Å². The number of hydrogen-bond donors (Lipinski definition) is 1. The van der Waals surface area contributed by atoms with Crippen LogP contribution in [0.1, 0.15) is 52.4 Å². The summed E-state index contributed by atoms with van der Waals surface area (Å²) in [7, 11) is 0. The minimum atomic E-state index is -0.851. The number of hydrogen-bond acceptors (Lipinski definition) is 5. The van der Waals surface area contributed by atoms with Gasteiger partial charge in [0.1, 0.15) is 0 Å². The highest BCUT2D eigenvalue weighted by molar-refractivity contribution is 5.75. The summed E-state index contributed by atoms with van der Waals surface area (Å²) >= 11 is 0. The van der Waals surface area contributed by atoms with E-state index < -0.39 is 27.7 Å². The first-order valence-electron chi connectivity index (χ1n) is 7.30. The molecule has 7 nitrogen and oxygen atoms in total. The molecule has 0 heterocycles. The van der Waals surface area contributed by atoms with Crippen LogP contribution < -0.4 is 0 Å². The van der Waals surface area contributed by atoms with Gasteiger partial charge in [-0.3, -0.25) is 19.7 Å². The quantitative estimate of drug-likeness (QED) is 0.439. The molecular weight excluding hydrogens is 278 g/mol. The Morgan fingerprint density at radius 1 is 1.24 bits per heavy atom. The van der Waals surface area contributed by atoms with Gasteiger partial charge in [0.05, 0.1) is 18.4 Å². The Bertz CT molecular complexity index is 412. The maximum Gasteiger partial charge on any atom is 0.309 e. The molecule has 0 radical (unpaired) electrons. The highest BCUT2D eigenvalue weighted by Crippen LogP contribution is 2.49. The van der Waals surface area contributed by atoms with Gasteiger partial charge in [0, 0.05) is 10.3 Å². The minimum Gasteiger partial charge on any atom is -0.481 e. The number of carboxylic acids is 1. The van der Waals surface area contributed by atoms with E-state index in [0.29, 0.717) is 32.1 Å². The Morgan fingerprint density at radius 2 is 1.81 bits per heavy atom. The van der Waals surface area contributed by atoms with Crippen LogP contribution in [0.25, 0.3) is 0 Å². The number of ether oxygens (including phenoxy) is 1. The topological polar surface area (TPSA) is 107 Å². The highest BCUT2D eigenvalue weighted by Gasteiger charge is 2.49. The van der Waals surface area contributed by atoms with E-state index in [1.54, 1.807) is 6.92 Å². The van der Waals surface area contributed by atoms with Gasteiger partial charge >= 0.3 is 11.9 Å². The fraction of sp³-hybridized carbons (Fsp3) is 0.857. The third kappa shape index (κ3) is 4.15. The van der Waals surface area contributed by atoms with E-state index in [-0.39, 0.29) is 19.6 Å². The van der Waals surface area contributed by atoms with Gasteiger partial charge in [-0.2, -0.15) is 0 Å². The standard InChI is InChI=1S/C14H23NO6/c1-3-14(12(17)18)7-5-13(6-8-14,10-15(19)20)9-11(16)21-4-2/h3-10H2,1-2H3,(H,17,18). The summed E-state index contributed by atoms with van der Waals surface area (Å²) < 4.78 is 4.90. The van der Waals surface area contributed by atoms with Gasteiger partial charge in [0.25, 0.3) is 0 Å². The SMILES string of the molecule is CCOC(=O)CC1(C[N+](=O)[O-])CCC(CC)(C(=O)O)CC1. The second-order valence-electron chi connectivity index (χ2n) is 5.91. The molecule has 0 saturated heterocycles. The van der Waals surface area contributed by atoms with Crippen LogP contribution in [0.4, 0.5) is 0 Å². The van der Waals surface area contributed by atoms with Gasteiger partial charge in [-0.25, -0.2) is 0 Å². The average molecular weight is 301 g/mol. The predicted molar refractivity (Wildman–Crippen MR) is 74.4 cm³/mol. The molecule has 0 unspecified atom stereocenters. The van der Waals surface area contributed by atoms with Crippen molar-refractivity contribution in [1.29, 1.82) is 0 Å². The number of carbonyl (C=O) groups is 2. The van der Waals surface area contributed by atoms with E-state index >= 15 is 0 Å². The fourth-order valence-corrected chi connectivity index (χ4v) is 3.16. The number of nitrogens with zero attached hydrogens (tertiary/aromatic N) is 1.